The number of hydrogen-bond acceptors (Lipinski definition) is 6. The van der Waals surface area contributed by atoms with Crippen molar-refractivity contribution in [2.75, 3.05) is 33.4 Å². The first-order valence-corrected chi connectivity index (χ1v) is 9.20. The summed E-state index contributed by atoms with van der Waals surface area (Å²) in [6.45, 7) is 3.37. The zero-order valence-corrected chi connectivity index (χ0v) is 15.3. The number of hydrogen-bond donors (Lipinski definition) is 1. The Bertz CT molecular complexity index is 582. The van der Waals surface area contributed by atoms with Crippen LogP contribution in [0.5, 0.6) is 0 Å². The van der Waals surface area contributed by atoms with Gasteiger partial charge in [0, 0.05) is 26.7 Å². The van der Waals surface area contributed by atoms with Gasteiger partial charge in [-0.05, 0) is 31.2 Å². The molecule has 25 heavy (non-hydrogen) atoms. The van der Waals surface area contributed by atoms with Gasteiger partial charge >= 0.3 is 5.97 Å². The molecule has 7 nitrogen and oxygen atoms in total. The van der Waals surface area contributed by atoms with Crippen LogP contribution in [0.2, 0.25) is 0 Å². The summed E-state index contributed by atoms with van der Waals surface area (Å²) in [5, 5.41) is 4.51. The lowest BCUT2D eigenvalue weighted by Crippen LogP contribution is -2.42. The van der Waals surface area contributed by atoms with Crippen LogP contribution in [-0.4, -0.2) is 62.1 Å². The lowest BCUT2D eigenvalue weighted by molar-refractivity contribution is -0.160. The van der Waals surface area contributed by atoms with Gasteiger partial charge in [0.05, 0.1) is 17.4 Å². The van der Waals surface area contributed by atoms with Crippen LogP contribution in [0.4, 0.5) is 0 Å². The monoisotopic (exact) mass is 368 g/mol. The Labute approximate surface area is 151 Å². The van der Waals surface area contributed by atoms with E-state index >= 15 is 0 Å². The molecule has 1 fully saturated rings. The lowest BCUT2D eigenvalue weighted by Gasteiger charge is -2.31. The maximum absolute atomic E-state index is 12.3. The largest absolute Gasteiger partial charge is 0.452 e. The maximum atomic E-state index is 12.3. The van der Waals surface area contributed by atoms with Crippen molar-refractivity contribution in [2.24, 2.45) is 5.92 Å². The number of carbonyl (C=O) groups is 3. The second-order valence-corrected chi connectivity index (χ2v) is 6.85. The fourth-order valence-electron chi connectivity index (χ4n) is 2.62. The van der Waals surface area contributed by atoms with Gasteiger partial charge in [0.25, 0.3) is 11.8 Å². The zero-order valence-electron chi connectivity index (χ0n) is 14.5. The average Bonchev–Trinajstić information content (AvgIpc) is 3.16. The highest BCUT2D eigenvalue weighted by Crippen LogP contribution is 2.22. The fraction of sp³-hybridized carbons (Fsp3) is 0.588. The minimum atomic E-state index is -0.838. The number of amides is 2. The Morgan fingerprint density at radius 2 is 2.08 bits per heavy atom. The van der Waals surface area contributed by atoms with Crippen LogP contribution in [0.25, 0.3) is 0 Å². The van der Waals surface area contributed by atoms with E-state index in [-0.39, 0.29) is 23.7 Å². The molecule has 0 saturated carbocycles. The highest BCUT2D eigenvalue weighted by Gasteiger charge is 2.30. The van der Waals surface area contributed by atoms with Gasteiger partial charge in [-0.2, -0.15) is 0 Å². The number of carbonyl (C=O) groups excluding carboxylic acids is 3. The minimum absolute atomic E-state index is 0.00714. The summed E-state index contributed by atoms with van der Waals surface area (Å²) < 4.78 is 10.1. The first kappa shape index (κ1) is 19.4. The number of ether oxygens (including phenoxy) is 2. The zero-order chi connectivity index (χ0) is 18.2. The van der Waals surface area contributed by atoms with Gasteiger partial charge in [-0.15, -0.1) is 11.3 Å². The molecule has 2 rings (SSSR count). The summed E-state index contributed by atoms with van der Waals surface area (Å²) in [6.07, 6.45) is 0.261. The second kappa shape index (κ2) is 9.53. The molecule has 0 aromatic carbocycles. The standard InChI is InChI=1S/C17H24N2O5S/c1-12(15(20)18-7-10-23-2)24-17(22)13-5-8-19(9-6-13)16(21)14-4-3-11-25-14/h3-4,11-13H,5-10H2,1-2H3,(H,18,20)/t12-/m0/s1. The SMILES string of the molecule is COCCNC(=O)[C@H](C)OC(=O)C1CCN(C(=O)c2cccs2)CC1. The van der Waals surface area contributed by atoms with Gasteiger partial charge in [-0.1, -0.05) is 6.07 Å². The summed E-state index contributed by atoms with van der Waals surface area (Å²) in [4.78, 5) is 38.8. The van der Waals surface area contributed by atoms with E-state index in [1.54, 1.807) is 25.0 Å². The van der Waals surface area contributed by atoms with E-state index in [1.165, 1.54) is 11.3 Å². The van der Waals surface area contributed by atoms with Crippen LogP contribution in [0.15, 0.2) is 17.5 Å². The molecule has 2 amide bonds. The summed E-state index contributed by atoms with van der Waals surface area (Å²) in [5.41, 5.74) is 0. The molecule has 1 N–H and O–H groups in total. The minimum Gasteiger partial charge on any atom is -0.452 e. The molecular formula is C17H24N2O5S. The third-order valence-corrected chi connectivity index (χ3v) is 4.97. The van der Waals surface area contributed by atoms with Crippen molar-refractivity contribution in [3.05, 3.63) is 22.4 Å². The summed E-state index contributed by atoms with van der Waals surface area (Å²) in [5.74, 6) is -0.984. The van der Waals surface area contributed by atoms with Gasteiger partial charge in [0.2, 0.25) is 0 Å². The number of methoxy groups -OCH3 is 1. The molecule has 0 spiro atoms. The van der Waals surface area contributed by atoms with Crippen LogP contribution in [0.3, 0.4) is 0 Å². The third-order valence-electron chi connectivity index (χ3n) is 4.12. The van der Waals surface area contributed by atoms with Crippen molar-refractivity contribution >= 4 is 29.1 Å². The summed E-state index contributed by atoms with van der Waals surface area (Å²) in [6, 6.07) is 3.65. The van der Waals surface area contributed by atoms with Crippen LogP contribution >= 0.6 is 11.3 Å². The number of piperidine rings is 1. The molecule has 1 saturated heterocycles. The van der Waals surface area contributed by atoms with Gasteiger partial charge in [-0.3, -0.25) is 14.4 Å². The van der Waals surface area contributed by atoms with Crippen molar-refractivity contribution in [3.63, 3.8) is 0 Å². The Hall–Kier alpha value is -1.93. The number of thiophene rings is 1. The predicted molar refractivity (Wildman–Crippen MR) is 93.4 cm³/mol. The summed E-state index contributed by atoms with van der Waals surface area (Å²) in [7, 11) is 1.55. The first-order chi connectivity index (χ1) is 12.0. The molecular weight excluding hydrogens is 344 g/mol. The van der Waals surface area contributed by atoms with Gasteiger partial charge < -0.3 is 19.7 Å². The quantitative estimate of drug-likeness (QED) is 0.579. The molecule has 1 aromatic rings. The van der Waals surface area contributed by atoms with Crippen molar-refractivity contribution < 1.29 is 23.9 Å². The molecule has 0 aliphatic carbocycles. The highest BCUT2D eigenvalue weighted by atomic mass is 32.1. The predicted octanol–water partition coefficient (Wildman–Crippen LogP) is 1.29. The molecule has 138 valence electrons. The van der Waals surface area contributed by atoms with Crippen molar-refractivity contribution in [3.8, 4) is 0 Å². The topological polar surface area (TPSA) is 84.9 Å². The molecule has 2 heterocycles. The number of nitrogens with zero attached hydrogens (tertiary/aromatic N) is 1. The van der Waals surface area contributed by atoms with E-state index in [0.717, 1.165) is 0 Å². The fourth-order valence-corrected chi connectivity index (χ4v) is 3.31. The highest BCUT2D eigenvalue weighted by molar-refractivity contribution is 7.12. The Morgan fingerprint density at radius 1 is 1.36 bits per heavy atom. The van der Waals surface area contributed by atoms with E-state index in [4.69, 9.17) is 9.47 Å². The number of rotatable bonds is 7. The Kier molecular flexibility index (Phi) is 7.39. The molecule has 1 aromatic heterocycles. The molecule has 0 radical (unpaired) electrons. The number of esters is 1. The average molecular weight is 368 g/mol. The van der Waals surface area contributed by atoms with Crippen molar-refractivity contribution in [2.45, 2.75) is 25.9 Å². The van der Waals surface area contributed by atoms with E-state index in [1.807, 2.05) is 11.4 Å². The molecule has 1 aliphatic heterocycles. The van der Waals surface area contributed by atoms with E-state index in [9.17, 15) is 14.4 Å². The summed E-state index contributed by atoms with van der Waals surface area (Å²) >= 11 is 1.42. The first-order valence-electron chi connectivity index (χ1n) is 8.33. The molecule has 0 unspecified atom stereocenters. The smallest absolute Gasteiger partial charge is 0.309 e. The number of likely N-dealkylation sites (tertiary alicyclic amines) is 1. The molecule has 1 atom stereocenters. The van der Waals surface area contributed by atoms with Crippen LogP contribution in [0, 0.1) is 5.92 Å². The van der Waals surface area contributed by atoms with Crippen LogP contribution < -0.4 is 5.32 Å². The second-order valence-electron chi connectivity index (χ2n) is 5.91. The third kappa shape index (κ3) is 5.54. The van der Waals surface area contributed by atoms with Gasteiger partial charge in [-0.25, -0.2) is 0 Å². The van der Waals surface area contributed by atoms with Crippen molar-refractivity contribution in [1.29, 1.82) is 0 Å². The van der Waals surface area contributed by atoms with Crippen molar-refractivity contribution in [1.82, 2.24) is 10.2 Å². The van der Waals surface area contributed by atoms with Gasteiger partial charge in [0.15, 0.2) is 6.10 Å². The van der Waals surface area contributed by atoms with E-state index in [2.05, 4.69) is 5.32 Å². The maximum Gasteiger partial charge on any atom is 0.309 e. The van der Waals surface area contributed by atoms with Crippen LogP contribution in [-0.2, 0) is 19.1 Å². The normalized spacial score (nSPS) is 16.3. The van der Waals surface area contributed by atoms with Crippen LogP contribution in [0.1, 0.15) is 29.4 Å². The molecule has 0 bridgehead atoms. The Morgan fingerprint density at radius 3 is 2.68 bits per heavy atom. The van der Waals surface area contributed by atoms with E-state index < -0.39 is 6.10 Å². The Balaban J connectivity index is 1.75. The molecule has 8 heteroatoms. The lowest BCUT2D eigenvalue weighted by atomic mass is 9.97. The van der Waals surface area contributed by atoms with Gasteiger partial charge in [0.1, 0.15) is 0 Å². The van der Waals surface area contributed by atoms with E-state index in [0.29, 0.717) is 44.0 Å². The number of nitrogens with one attached hydrogen (secondary N) is 1. The molecule has 1 aliphatic rings.